The maximum atomic E-state index is 11.9. The molecule has 0 aliphatic heterocycles. The summed E-state index contributed by atoms with van der Waals surface area (Å²) in [6.07, 6.45) is 0. The molecule has 25 heavy (non-hydrogen) atoms. The molecule has 5 nitrogen and oxygen atoms in total. The third kappa shape index (κ3) is 5.80. The van der Waals surface area contributed by atoms with Crippen LogP contribution >= 0.6 is 11.6 Å². The molecule has 0 aliphatic carbocycles. The molecule has 0 saturated carbocycles. The van der Waals surface area contributed by atoms with Crippen molar-refractivity contribution in [3.63, 3.8) is 0 Å². The summed E-state index contributed by atoms with van der Waals surface area (Å²) in [7, 11) is 0. The topological polar surface area (TPSA) is 58.6 Å². The van der Waals surface area contributed by atoms with Crippen LogP contribution in [0.3, 0.4) is 0 Å². The molecular formula is C19H21ClN2O3. The second kappa shape index (κ2) is 9.08. The van der Waals surface area contributed by atoms with E-state index in [1.807, 2.05) is 31.2 Å². The van der Waals surface area contributed by atoms with Crippen LogP contribution in [0, 0.1) is 6.92 Å². The lowest BCUT2D eigenvalue weighted by molar-refractivity contribution is -0.123. The summed E-state index contributed by atoms with van der Waals surface area (Å²) in [6, 6.07) is 14.5. The number of carbonyl (C=O) groups excluding carboxylic acids is 2. The number of benzene rings is 2. The van der Waals surface area contributed by atoms with Crippen LogP contribution in [-0.4, -0.2) is 31.5 Å². The van der Waals surface area contributed by atoms with Crippen molar-refractivity contribution >= 4 is 29.1 Å². The first kappa shape index (κ1) is 18.8. The number of hydrogen-bond donors (Lipinski definition) is 1. The third-order valence-corrected chi connectivity index (χ3v) is 3.85. The molecule has 132 valence electrons. The number of hydrogen-bond acceptors (Lipinski definition) is 3. The van der Waals surface area contributed by atoms with Crippen molar-refractivity contribution in [3.05, 3.63) is 59.1 Å². The predicted molar refractivity (Wildman–Crippen MR) is 99.2 cm³/mol. The number of rotatable bonds is 7. The molecule has 0 bridgehead atoms. The fourth-order valence-electron chi connectivity index (χ4n) is 2.34. The van der Waals surface area contributed by atoms with Crippen molar-refractivity contribution in [3.8, 4) is 5.75 Å². The molecule has 0 atom stereocenters. The Hall–Kier alpha value is -2.53. The molecule has 2 rings (SSSR count). The van der Waals surface area contributed by atoms with Gasteiger partial charge in [-0.3, -0.25) is 9.59 Å². The average molecular weight is 361 g/mol. The third-order valence-electron chi connectivity index (χ3n) is 3.61. The second-order valence-electron chi connectivity index (χ2n) is 5.55. The number of nitrogens with zero attached hydrogens (tertiary/aromatic N) is 1. The highest BCUT2D eigenvalue weighted by Crippen LogP contribution is 2.24. The van der Waals surface area contributed by atoms with Gasteiger partial charge in [0.1, 0.15) is 5.75 Å². The molecule has 0 aromatic heterocycles. The Kier molecular flexibility index (Phi) is 6.83. The van der Waals surface area contributed by atoms with Crippen molar-refractivity contribution in [2.75, 3.05) is 24.6 Å². The van der Waals surface area contributed by atoms with Crippen molar-refractivity contribution in [1.29, 1.82) is 0 Å². The number of carbonyl (C=O) groups is 2. The largest absolute Gasteiger partial charge is 0.484 e. The van der Waals surface area contributed by atoms with E-state index in [-0.39, 0.29) is 18.4 Å². The zero-order valence-corrected chi connectivity index (χ0v) is 15.0. The fraction of sp³-hybridized carbons (Fsp3) is 0.263. The van der Waals surface area contributed by atoms with E-state index in [0.717, 1.165) is 11.3 Å². The van der Waals surface area contributed by atoms with Gasteiger partial charge in [0, 0.05) is 30.7 Å². The molecule has 2 amide bonds. The lowest BCUT2D eigenvalue weighted by atomic mass is 10.2. The van der Waals surface area contributed by atoms with E-state index in [4.69, 9.17) is 16.3 Å². The summed E-state index contributed by atoms with van der Waals surface area (Å²) >= 11 is 6.03. The van der Waals surface area contributed by atoms with Gasteiger partial charge in [-0.2, -0.15) is 0 Å². The van der Waals surface area contributed by atoms with Crippen LogP contribution in [0.4, 0.5) is 5.69 Å². The summed E-state index contributed by atoms with van der Waals surface area (Å²) in [6.45, 7) is 4.00. The standard InChI is InChI=1S/C19H21ClN2O3/c1-14-8-9-16(20)12-18(14)22(15(2)23)11-10-21-19(24)13-25-17-6-4-3-5-7-17/h3-9,12H,10-11,13H2,1-2H3,(H,21,24). The van der Waals surface area contributed by atoms with Crippen LogP contribution in [0.2, 0.25) is 5.02 Å². The monoisotopic (exact) mass is 360 g/mol. The van der Waals surface area contributed by atoms with E-state index in [9.17, 15) is 9.59 Å². The van der Waals surface area contributed by atoms with E-state index in [2.05, 4.69) is 5.32 Å². The number of ether oxygens (including phenoxy) is 1. The van der Waals surface area contributed by atoms with Crippen molar-refractivity contribution in [2.45, 2.75) is 13.8 Å². The fourth-order valence-corrected chi connectivity index (χ4v) is 2.51. The van der Waals surface area contributed by atoms with E-state index in [1.54, 1.807) is 29.2 Å². The minimum Gasteiger partial charge on any atom is -0.484 e. The van der Waals surface area contributed by atoms with Crippen molar-refractivity contribution < 1.29 is 14.3 Å². The maximum absolute atomic E-state index is 11.9. The molecule has 0 spiro atoms. The van der Waals surface area contributed by atoms with Gasteiger partial charge >= 0.3 is 0 Å². The average Bonchev–Trinajstić information content (AvgIpc) is 2.60. The smallest absolute Gasteiger partial charge is 0.258 e. The lowest BCUT2D eigenvalue weighted by Crippen LogP contribution is -2.39. The molecule has 0 saturated heterocycles. The molecule has 0 radical (unpaired) electrons. The van der Waals surface area contributed by atoms with Crippen LogP contribution in [0.1, 0.15) is 12.5 Å². The van der Waals surface area contributed by atoms with Gasteiger partial charge in [0.25, 0.3) is 5.91 Å². The molecular weight excluding hydrogens is 340 g/mol. The van der Waals surface area contributed by atoms with Crippen LogP contribution in [0.5, 0.6) is 5.75 Å². The normalized spacial score (nSPS) is 10.2. The van der Waals surface area contributed by atoms with Gasteiger partial charge in [-0.05, 0) is 36.8 Å². The van der Waals surface area contributed by atoms with Gasteiger partial charge in [0.15, 0.2) is 6.61 Å². The molecule has 2 aromatic rings. The number of para-hydroxylation sites is 1. The number of halogens is 1. The van der Waals surface area contributed by atoms with Crippen molar-refractivity contribution in [2.24, 2.45) is 0 Å². The minimum atomic E-state index is -0.241. The Morgan fingerprint density at radius 2 is 1.88 bits per heavy atom. The number of anilines is 1. The summed E-state index contributed by atoms with van der Waals surface area (Å²) in [5.74, 6) is 0.285. The van der Waals surface area contributed by atoms with Gasteiger partial charge in [0.2, 0.25) is 5.91 Å². The Bertz CT molecular complexity index is 735. The van der Waals surface area contributed by atoms with Gasteiger partial charge in [-0.1, -0.05) is 35.9 Å². The van der Waals surface area contributed by atoms with E-state index >= 15 is 0 Å². The van der Waals surface area contributed by atoms with Crippen LogP contribution in [-0.2, 0) is 9.59 Å². The summed E-state index contributed by atoms with van der Waals surface area (Å²) in [5, 5.41) is 3.31. The first-order valence-electron chi connectivity index (χ1n) is 7.96. The summed E-state index contributed by atoms with van der Waals surface area (Å²) in [4.78, 5) is 25.4. The quantitative estimate of drug-likeness (QED) is 0.824. The van der Waals surface area contributed by atoms with E-state index in [0.29, 0.717) is 23.9 Å². The molecule has 0 unspecified atom stereocenters. The first-order valence-corrected chi connectivity index (χ1v) is 8.34. The lowest BCUT2D eigenvalue weighted by Gasteiger charge is -2.23. The van der Waals surface area contributed by atoms with Crippen molar-refractivity contribution in [1.82, 2.24) is 5.32 Å². The molecule has 0 aliphatic rings. The molecule has 1 N–H and O–H groups in total. The second-order valence-corrected chi connectivity index (χ2v) is 5.99. The zero-order chi connectivity index (χ0) is 18.2. The SMILES string of the molecule is CC(=O)N(CCNC(=O)COc1ccccc1)c1cc(Cl)ccc1C. The van der Waals surface area contributed by atoms with Gasteiger partial charge in [0.05, 0.1) is 0 Å². The number of aryl methyl sites for hydroxylation is 1. The van der Waals surface area contributed by atoms with Crippen LogP contribution in [0.25, 0.3) is 0 Å². The summed E-state index contributed by atoms with van der Waals surface area (Å²) in [5.41, 5.74) is 1.69. The van der Waals surface area contributed by atoms with Crippen LogP contribution in [0.15, 0.2) is 48.5 Å². The Balaban J connectivity index is 1.86. The Morgan fingerprint density at radius 1 is 1.16 bits per heavy atom. The highest BCUT2D eigenvalue weighted by atomic mass is 35.5. The highest BCUT2D eigenvalue weighted by Gasteiger charge is 2.14. The molecule has 0 heterocycles. The number of amides is 2. The minimum absolute atomic E-state index is 0.0692. The van der Waals surface area contributed by atoms with Gasteiger partial charge < -0.3 is 15.0 Å². The van der Waals surface area contributed by atoms with E-state index < -0.39 is 0 Å². The maximum Gasteiger partial charge on any atom is 0.258 e. The van der Waals surface area contributed by atoms with Crippen LogP contribution < -0.4 is 15.0 Å². The van der Waals surface area contributed by atoms with Gasteiger partial charge in [-0.25, -0.2) is 0 Å². The Morgan fingerprint density at radius 3 is 2.56 bits per heavy atom. The molecule has 2 aromatic carbocycles. The summed E-state index contributed by atoms with van der Waals surface area (Å²) < 4.78 is 5.38. The predicted octanol–water partition coefficient (Wildman–Crippen LogP) is 3.20. The zero-order valence-electron chi connectivity index (χ0n) is 14.3. The molecule has 6 heteroatoms. The van der Waals surface area contributed by atoms with Gasteiger partial charge in [-0.15, -0.1) is 0 Å². The first-order chi connectivity index (χ1) is 12.0. The highest BCUT2D eigenvalue weighted by molar-refractivity contribution is 6.31. The molecule has 0 fully saturated rings. The van der Waals surface area contributed by atoms with E-state index in [1.165, 1.54) is 6.92 Å². The Labute approximate surface area is 152 Å². The number of nitrogens with one attached hydrogen (secondary N) is 1.